The van der Waals surface area contributed by atoms with Gasteiger partial charge in [0.25, 0.3) is 5.91 Å². The maximum Gasteiger partial charge on any atom is 0.265 e. The lowest BCUT2D eigenvalue weighted by Gasteiger charge is -2.16. The van der Waals surface area contributed by atoms with E-state index >= 15 is 0 Å². The molecule has 0 aliphatic heterocycles. The minimum Gasteiger partial charge on any atom is -0.481 e. The van der Waals surface area contributed by atoms with E-state index in [1.54, 1.807) is 6.92 Å². The summed E-state index contributed by atoms with van der Waals surface area (Å²) in [6.07, 6.45) is -0.553. The van der Waals surface area contributed by atoms with Gasteiger partial charge in [0.2, 0.25) is 0 Å². The van der Waals surface area contributed by atoms with Gasteiger partial charge in [-0.25, -0.2) is 0 Å². The number of anilines is 1. The first kappa shape index (κ1) is 16.1. The van der Waals surface area contributed by atoms with Crippen LogP contribution in [0.2, 0.25) is 0 Å². The number of hydrogen-bond acceptors (Lipinski definition) is 2. The highest BCUT2D eigenvalue weighted by atomic mass is 16.5. The molecule has 2 aromatic rings. The molecule has 0 radical (unpaired) electrons. The van der Waals surface area contributed by atoms with Gasteiger partial charge in [0.05, 0.1) is 0 Å². The number of amides is 1. The Bertz CT molecular complexity index is 672. The van der Waals surface area contributed by atoms with Crippen LogP contribution in [0.1, 0.15) is 29.2 Å². The average Bonchev–Trinajstić information content (AvgIpc) is 2.41. The Hall–Kier alpha value is -2.29. The second kappa shape index (κ2) is 6.65. The normalized spacial score (nSPS) is 11.9. The van der Waals surface area contributed by atoms with Crippen LogP contribution in [0.25, 0.3) is 0 Å². The van der Waals surface area contributed by atoms with Crippen LogP contribution in [0, 0.1) is 27.7 Å². The van der Waals surface area contributed by atoms with Crippen LogP contribution in [0.4, 0.5) is 5.69 Å². The molecule has 0 fully saturated rings. The fourth-order valence-corrected chi connectivity index (χ4v) is 2.32. The van der Waals surface area contributed by atoms with Gasteiger partial charge >= 0.3 is 0 Å². The second-order valence-electron chi connectivity index (χ2n) is 5.87. The Kier molecular flexibility index (Phi) is 4.86. The van der Waals surface area contributed by atoms with Gasteiger partial charge in [-0.2, -0.15) is 0 Å². The van der Waals surface area contributed by atoms with Crippen LogP contribution in [0.5, 0.6) is 5.75 Å². The van der Waals surface area contributed by atoms with Gasteiger partial charge < -0.3 is 10.1 Å². The maximum absolute atomic E-state index is 12.2. The number of nitrogens with one attached hydrogen (secondary N) is 1. The number of benzene rings is 2. The van der Waals surface area contributed by atoms with Crippen LogP contribution in [0.15, 0.2) is 36.4 Å². The number of ether oxygens (including phenoxy) is 1. The van der Waals surface area contributed by atoms with E-state index in [0.717, 1.165) is 28.1 Å². The van der Waals surface area contributed by atoms with E-state index in [4.69, 9.17) is 4.74 Å². The largest absolute Gasteiger partial charge is 0.481 e. The van der Waals surface area contributed by atoms with Crippen LogP contribution in [-0.2, 0) is 4.79 Å². The first-order valence-electron chi connectivity index (χ1n) is 7.48. The van der Waals surface area contributed by atoms with Crippen molar-refractivity contribution in [3.63, 3.8) is 0 Å². The maximum atomic E-state index is 12.2. The average molecular weight is 297 g/mol. The van der Waals surface area contributed by atoms with Crippen LogP contribution >= 0.6 is 0 Å². The number of rotatable bonds is 4. The first-order valence-corrected chi connectivity index (χ1v) is 7.48. The molecule has 3 nitrogen and oxygen atoms in total. The Balaban J connectivity index is 2.04. The monoisotopic (exact) mass is 297 g/mol. The molecule has 0 heterocycles. The summed E-state index contributed by atoms with van der Waals surface area (Å²) < 4.78 is 5.75. The fourth-order valence-electron chi connectivity index (χ4n) is 2.32. The summed E-state index contributed by atoms with van der Waals surface area (Å²) in [7, 11) is 0. The summed E-state index contributed by atoms with van der Waals surface area (Å²) in [5, 5.41) is 2.90. The van der Waals surface area contributed by atoms with Gasteiger partial charge in [0, 0.05) is 5.69 Å². The molecule has 2 rings (SSSR count). The third-order valence-corrected chi connectivity index (χ3v) is 3.65. The van der Waals surface area contributed by atoms with Crippen LogP contribution < -0.4 is 10.1 Å². The van der Waals surface area contributed by atoms with Crippen LogP contribution in [0.3, 0.4) is 0 Å². The lowest BCUT2D eigenvalue weighted by atomic mass is 10.1. The quantitative estimate of drug-likeness (QED) is 0.912. The van der Waals surface area contributed by atoms with Crippen molar-refractivity contribution in [1.29, 1.82) is 0 Å². The van der Waals surface area contributed by atoms with Gasteiger partial charge in [-0.3, -0.25) is 4.79 Å². The minimum absolute atomic E-state index is 0.151. The Morgan fingerprint density at radius 3 is 2.18 bits per heavy atom. The number of hydrogen-bond donors (Lipinski definition) is 1. The zero-order chi connectivity index (χ0) is 16.3. The lowest BCUT2D eigenvalue weighted by molar-refractivity contribution is -0.122. The molecule has 1 N–H and O–H groups in total. The van der Waals surface area contributed by atoms with E-state index in [1.165, 1.54) is 5.56 Å². The van der Waals surface area contributed by atoms with E-state index < -0.39 is 6.10 Å². The van der Waals surface area contributed by atoms with Crippen molar-refractivity contribution < 1.29 is 9.53 Å². The van der Waals surface area contributed by atoms with Gasteiger partial charge in [0.1, 0.15) is 5.75 Å². The van der Waals surface area contributed by atoms with Crippen molar-refractivity contribution in [2.24, 2.45) is 0 Å². The van der Waals surface area contributed by atoms with Gasteiger partial charge in [0.15, 0.2) is 6.10 Å². The highest BCUT2D eigenvalue weighted by Crippen LogP contribution is 2.19. The molecule has 2 aromatic carbocycles. The molecule has 116 valence electrons. The summed E-state index contributed by atoms with van der Waals surface area (Å²) in [6.45, 7) is 9.86. The van der Waals surface area contributed by atoms with E-state index in [9.17, 15) is 4.79 Å². The number of carbonyl (C=O) groups excluding carboxylic acids is 1. The summed E-state index contributed by atoms with van der Waals surface area (Å²) in [5.41, 5.74) is 5.40. The number of aryl methyl sites for hydroxylation is 4. The topological polar surface area (TPSA) is 38.3 Å². The summed E-state index contributed by atoms with van der Waals surface area (Å²) in [5.74, 6) is 0.572. The molecule has 0 bridgehead atoms. The number of carbonyl (C=O) groups is 1. The van der Waals surface area contributed by atoms with Gasteiger partial charge in [-0.15, -0.1) is 0 Å². The van der Waals surface area contributed by atoms with Crippen LogP contribution in [-0.4, -0.2) is 12.0 Å². The third kappa shape index (κ3) is 4.10. The van der Waals surface area contributed by atoms with Gasteiger partial charge in [-0.1, -0.05) is 12.1 Å². The fraction of sp³-hybridized carbons (Fsp3) is 0.316. The molecule has 1 amide bonds. The molecule has 0 aliphatic rings. The Labute approximate surface area is 132 Å². The molecule has 1 unspecified atom stereocenters. The molecule has 0 saturated heterocycles. The minimum atomic E-state index is -0.553. The Morgan fingerprint density at radius 2 is 1.59 bits per heavy atom. The molecule has 0 aromatic heterocycles. The van der Waals surface area contributed by atoms with Crippen molar-refractivity contribution in [2.45, 2.75) is 40.7 Å². The van der Waals surface area contributed by atoms with Gasteiger partial charge in [-0.05, 0) is 81.1 Å². The Morgan fingerprint density at radius 1 is 0.955 bits per heavy atom. The zero-order valence-electron chi connectivity index (χ0n) is 13.9. The highest BCUT2D eigenvalue weighted by Gasteiger charge is 2.15. The predicted molar refractivity (Wildman–Crippen MR) is 90.6 cm³/mol. The zero-order valence-corrected chi connectivity index (χ0v) is 13.9. The molecule has 0 spiro atoms. The summed E-state index contributed by atoms with van der Waals surface area (Å²) in [4.78, 5) is 12.2. The molecular weight excluding hydrogens is 274 g/mol. The highest BCUT2D eigenvalue weighted by molar-refractivity contribution is 5.94. The molecule has 3 heteroatoms. The molecule has 0 saturated carbocycles. The van der Waals surface area contributed by atoms with E-state index in [0.29, 0.717) is 0 Å². The van der Waals surface area contributed by atoms with Crippen molar-refractivity contribution in [2.75, 3.05) is 5.32 Å². The summed E-state index contributed by atoms with van der Waals surface area (Å²) >= 11 is 0. The molecule has 22 heavy (non-hydrogen) atoms. The van der Waals surface area contributed by atoms with E-state index in [2.05, 4.69) is 11.4 Å². The van der Waals surface area contributed by atoms with Crippen molar-refractivity contribution in [3.8, 4) is 5.75 Å². The first-order chi connectivity index (χ1) is 10.3. The summed E-state index contributed by atoms with van der Waals surface area (Å²) in [6, 6.07) is 11.8. The van der Waals surface area contributed by atoms with E-state index in [-0.39, 0.29) is 5.91 Å². The molecule has 0 aliphatic carbocycles. The lowest BCUT2D eigenvalue weighted by Crippen LogP contribution is -2.30. The predicted octanol–water partition coefficient (Wildman–Crippen LogP) is 4.33. The van der Waals surface area contributed by atoms with Crippen molar-refractivity contribution in [3.05, 3.63) is 58.7 Å². The third-order valence-electron chi connectivity index (χ3n) is 3.65. The van der Waals surface area contributed by atoms with E-state index in [1.807, 2.05) is 58.0 Å². The smallest absolute Gasteiger partial charge is 0.265 e. The standard InChI is InChI=1S/C19H23NO2/c1-12-8-13(2)10-18(9-12)22-16(5)19(21)20-17-7-6-14(3)15(4)11-17/h6-11,16H,1-5H3,(H,20,21). The SMILES string of the molecule is Cc1cc(C)cc(OC(C)C(=O)Nc2ccc(C)c(C)c2)c1. The second-order valence-corrected chi connectivity index (χ2v) is 5.87. The van der Waals surface area contributed by atoms with Crippen molar-refractivity contribution in [1.82, 2.24) is 0 Å². The molecule has 1 atom stereocenters. The van der Waals surface area contributed by atoms with Crippen molar-refractivity contribution >= 4 is 11.6 Å². The molecular formula is C19H23NO2.